The molecule has 0 aliphatic rings. The summed E-state index contributed by atoms with van der Waals surface area (Å²) in [6.07, 6.45) is -0.268. The maximum absolute atomic E-state index is 12.1. The number of amidine groups is 1. The van der Waals surface area contributed by atoms with Crippen LogP contribution in [0, 0.1) is 5.41 Å². The average Bonchev–Trinajstić information content (AvgIpc) is 2.77. The number of hydrogen-bond donors (Lipinski definition) is 3. The molecule has 0 saturated carbocycles. The number of benzene rings is 1. The molecule has 2 rings (SSSR count). The van der Waals surface area contributed by atoms with Gasteiger partial charge in [-0.25, -0.2) is 15.6 Å². The molecule has 0 bridgehead atoms. The largest absolute Gasteiger partial charge is 0.446 e. The fourth-order valence-electron chi connectivity index (χ4n) is 2.56. The molecule has 32 heavy (non-hydrogen) atoms. The Balaban J connectivity index is 1.96. The minimum atomic E-state index is -0.594. The highest BCUT2D eigenvalue weighted by Gasteiger charge is 2.14. The van der Waals surface area contributed by atoms with Gasteiger partial charge in [0.05, 0.1) is 12.3 Å². The van der Waals surface area contributed by atoms with Crippen LogP contribution in [0.15, 0.2) is 53.7 Å². The normalized spacial score (nSPS) is 12.1. The summed E-state index contributed by atoms with van der Waals surface area (Å²) >= 11 is 0. The van der Waals surface area contributed by atoms with Crippen LogP contribution in [0.2, 0.25) is 0 Å². The Morgan fingerprint density at radius 3 is 2.69 bits per heavy atom. The molecule has 0 fully saturated rings. The second-order valence-electron chi connectivity index (χ2n) is 6.88. The number of nitrogens with one attached hydrogen (secondary N) is 2. The Morgan fingerprint density at radius 1 is 1.25 bits per heavy atom. The van der Waals surface area contributed by atoms with E-state index >= 15 is 0 Å². The Kier molecular flexibility index (Phi) is 10.1. The second kappa shape index (κ2) is 13.0. The van der Waals surface area contributed by atoms with Gasteiger partial charge in [-0.1, -0.05) is 41.6 Å². The lowest BCUT2D eigenvalue weighted by Crippen LogP contribution is -2.38. The average molecular weight is 443 g/mol. The Labute approximate surface area is 187 Å². The summed E-state index contributed by atoms with van der Waals surface area (Å²) in [4.78, 5) is 21.8. The summed E-state index contributed by atoms with van der Waals surface area (Å²) in [5, 5.41) is 16.0. The Hall–Kier alpha value is -3.50. The maximum Gasteiger partial charge on any atom is 0.413 e. The number of ether oxygens (including phenoxy) is 2. The molecule has 0 aliphatic carbocycles. The zero-order valence-electron chi connectivity index (χ0n) is 18.6. The predicted octanol–water partition coefficient (Wildman–Crippen LogP) is 3.15. The number of rotatable bonds is 11. The monoisotopic (exact) mass is 442 g/mol. The summed E-state index contributed by atoms with van der Waals surface area (Å²) in [5.41, 5.74) is 1.52. The van der Waals surface area contributed by atoms with Crippen LogP contribution < -0.4 is 11.2 Å². The predicted molar refractivity (Wildman–Crippen MR) is 122 cm³/mol. The molecule has 2 aromatic rings. The fourth-order valence-corrected chi connectivity index (χ4v) is 2.56. The highest BCUT2D eigenvalue weighted by Crippen LogP contribution is 2.09. The molecule has 1 aromatic heterocycles. The number of nitrogens with two attached hydrogens (primary N) is 1. The number of anilines is 1. The zero-order valence-corrected chi connectivity index (χ0v) is 18.6. The fraction of sp³-hybridized carbons (Fsp3) is 0.364. The first-order chi connectivity index (χ1) is 15.4. The minimum Gasteiger partial charge on any atom is -0.446 e. The summed E-state index contributed by atoms with van der Waals surface area (Å²) in [6.45, 7) is 4.90. The third kappa shape index (κ3) is 8.32. The molecule has 10 nitrogen and oxygen atoms in total. The third-order valence-electron chi connectivity index (χ3n) is 4.21. The van der Waals surface area contributed by atoms with Gasteiger partial charge in [-0.2, -0.15) is 0 Å². The Morgan fingerprint density at radius 2 is 2.00 bits per heavy atom. The van der Waals surface area contributed by atoms with E-state index in [2.05, 4.69) is 15.5 Å². The topological polar surface area (TPSA) is 135 Å². The second-order valence-corrected chi connectivity index (χ2v) is 6.88. The quantitative estimate of drug-likeness (QED) is 0.160. The van der Waals surface area contributed by atoms with Crippen molar-refractivity contribution in [1.82, 2.24) is 9.99 Å². The van der Waals surface area contributed by atoms with Crippen molar-refractivity contribution in [1.29, 1.82) is 5.41 Å². The lowest BCUT2D eigenvalue weighted by Gasteiger charge is -2.15. The number of oxime groups is 1. The Bertz CT molecular complexity index is 904. The van der Waals surface area contributed by atoms with E-state index in [4.69, 9.17) is 25.6 Å². The van der Waals surface area contributed by atoms with Gasteiger partial charge in [-0.15, -0.1) is 0 Å². The molecule has 1 aromatic carbocycles. The molecular weight excluding hydrogens is 412 g/mol. The minimum absolute atomic E-state index is 0.000721. The lowest BCUT2D eigenvalue weighted by atomic mass is 10.1. The van der Waals surface area contributed by atoms with Crippen molar-refractivity contribution in [3.05, 3.63) is 59.8 Å². The van der Waals surface area contributed by atoms with Crippen molar-refractivity contribution >= 4 is 23.5 Å². The van der Waals surface area contributed by atoms with Gasteiger partial charge in [0, 0.05) is 25.6 Å². The molecule has 4 N–H and O–H groups in total. The highest BCUT2D eigenvalue weighted by molar-refractivity contribution is 6.46. The van der Waals surface area contributed by atoms with Crippen LogP contribution in [0.5, 0.6) is 0 Å². The number of pyridine rings is 1. The molecular formula is C22H30N6O4. The summed E-state index contributed by atoms with van der Waals surface area (Å²) < 4.78 is 10.5. The molecule has 1 heterocycles. The van der Waals surface area contributed by atoms with Crippen molar-refractivity contribution < 1.29 is 19.1 Å². The number of nitrogens with zero attached hydrogens (tertiary/aromatic N) is 3. The maximum atomic E-state index is 12.1. The van der Waals surface area contributed by atoms with E-state index in [1.54, 1.807) is 32.2 Å². The van der Waals surface area contributed by atoms with Gasteiger partial charge in [0.2, 0.25) is 0 Å². The van der Waals surface area contributed by atoms with Crippen LogP contribution in [0.25, 0.3) is 0 Å². The number of likely N-dealkylation sites (N-methyl/N-ethyl adjacent to an activating group) is 1. The van der Waals surface area contributed by atoms with Gasteiger partial charge < -0.3 is 14.3 Å². The van der Waals surface area contributed by atoms with Crippen molar-refractivity contribution in [2.24, 2.45) is 11.0 Å². The lowest BCUT2D eigenvalue weighted by molar-refractivity contribution is 0.0776. The molecule has 10 heteroatoms. The van der Waals surface area contributed by atoms with Crippen molar-refractivity contribution in [2.75, 3.05) is 25.6 Å². The van der Waals surface area contributed by atoms with Crippen molar-refractivity contribution in [2.45, 2.75) is 33.0 Å². The van der Waals surface area contributed by atoms with Gasteiger partial charge >= 0.3 is 6.09 Å². The summed E-state index contributed by atoms with van der Waals surface area (Å²) in [5.74, 6) is 6.02. The molecule has 0 radical (unpaired) electrons. The van der Waals surface area contributed by atoms with Crippen LogP contribution in [0.4, 0.5) is 10.6 Å². The van der Waals surface area contributed by atoms with E-state index in [0.717, 1.165) is 5.01 Å². The first-order valence-electron chi connectivity index (χ1n) is 10.2. The van der Waals surface area contributed by atoms with E-state index in [-0.39, 0.29) is 24.3 Å². The highest BCUT2D eigenvalue weighted by atomic mass is 16.6. The first-order valence-corrected chi connectivity index (χ1v) is 10.2. The standard InChI is InChI=1S/C22H30N6O4/c1-4-30-14-13-16(2)32-22(29)26-19-12-8-11-18(25-19)15-31-27-20(21(23)28(3)24)17-9-6-5-7-10-17/h5-12,16,23H,4,13-15,24H2,1-3H3,(H,25,26,29)/b23-21?,27-20-. The first kappa shape index (κ1) is 24.8. The van der Waals surface area contributed by atoms with Crippen LogP contribution in [0.1, 0.15) is 31.5 Å². The van der Waals surface area contributed by atoms with Crippen molar-refractivity contribution in [3.63, 3.8) is 0 Å². The van der Waals surface area contributed by atoms with Gasteiger partial charge in [-0.05, 0) is 26.0 Å². The number of aromatic nitrogens is 1. The number of hydrogen-bond acceptors (Lipinski definition) is 8. The van der Waals surface area contributed by atoms with Gasteiger partial charge in [0.25, 0.3) is 0 Å². The number of amides is 1. The van der Waals surface area contributed by atoms with E-state index < -0.39 is 6.09 Å². The van der Waals surface area contributed by atoms with Gasteiger partial charge in [0.1, 0.15) is 11.9 Å². The van der Waals surface area contributed by atoms with Gasteiger partial charge in [0.15, 0.2) is 18.2 Å². The van der Waals surface area contributed by atoms with Crippen LogP contribution in [0.3, 0.4) is 0 Å². The molecule has 1 unspecified atom stereocenters. The van der Waals surface area contributed by atoms with Crippen LogP contribution in [-0.2, 0) is 20.9 Å². The molecule has 0 spiro atoms. The van der Waals surface area contributed by atoms with E-state index in [1.165, 1.54) is 0 Å². The van der Waals surface area contributed by atoms with Gasteiger partial charge in [-0.3, -0.25) is 15.7 Å². The molecule has 1 atom stereocenters. The molecule has 0 saturated heterocycles. The van der Waals surface area contributed by atoms with Crippen molar-refractivity contribution in [3.8, 4) is 0 Å². The molecule has 0 aliphatic heterocycles. The summed E-state index contributed by atoms with van der Waals surface area (Å²) in [6, 6.07) is 14.3. The molecule has 1 amide bonds. The number of carbonyl (C=O) groups excluding carboxylic acids is 1. The number of carbonyl (C=O) groups is 1. The van der Waals surface area contributed by atoms with E-state index in [0.29, 0.717) is 36.7 Å². The summed E-state index contributed by atoms with van der Waals surface area (Å²) in [7, 11) is 1.55. The van der Waals surface area contributed by atoms with E-state index in [9.17, 15) is 4.79 Å². The van der Waals surface area contributed by atoms with E-state index in [1.807, 2.05) is 37.3 Å². The zero-order chi connectivity index (χ0) is 23.3. The molecule has 172 valence electrons. The SMILES string of the molecule is CCOCCC(C)OC(=O)Nc1cccc(CO/N=C(\C(=N)N(C)N)c2ccccc2)n1. The van der Waals surface area contributed by atoms with Crippen LogP contribution >= 0.6 is 0 Å². The van der Waals surface area contributed by atoms with Crippen LogP contribution in [-0.4, -0.2) is 54.0 Å². The smallest absolute Gasteiger partial charge is 0.413 e. The third-order valence-corrected chi connectivity index (χ3v) is 4.21. The number of hydrazine groups is 1.